The quantitative estimate of drug-likeness (QED) is 0.492. The van der Waals surface area contributed by atoms with Crippen LogP contribution < -0.4 is 5.32 Å². The number of carbonyl (C=O) groups excluding carboxylic acids is 1. The minimum Gasteiger partial charge on any atom is -0.349 e. The van der Waals surface area contributed by atoms with E-state index >= 15 is 0 Å². The second-order valence-electron chi connectivity index (χ2n) is 6.17. The van der Waals surface area contributed by atoms with Crippen LogP contribution in [0.2, 0.25) is 10.0 Å². The molecular weight excluding hydrogens is 385 g/mol. The van der Waals surface area contributed by atoms with E-state index in [0.29, 0.717) is 10.0 Å². The van der Waals surface area contributed by atoms with E-state index in [9.17, 15) is 4.79 Å². The number of amides is 1. The summed E-state index contributed by atoms with van der Waals surface area (Å²) in [5, 5.41) is 6.31. The number of benzene rings is 3. The third kappa shape index (κ3) is 4.53. The Morgan fingerprint density at radius 1 is 0.962 bits per heavy atom. The molecule has 1 N–H and O–H groups in total. The van der Waals surface area contributed by atoms with Crippen molar-refractivity contribution < 1.29 is 4.79 Å². The van der Waals surface area contributed by atoms with Gasteiger partial charge in [0, 0.05) is 14.9 Å². The highest BCUT2D eigenvalue weighted by Gasteiger charge is 2.19. The van der Waals surface area contributed by atoms with Gasteiger partial charge in [-0.25, -0.2) is 0 Å². The molecule has 1 amide bonds. The first kappa shape index (κ1) is 19.1. The van der Waals surface area contributed by atoms with E-state index in [4.69, 9.17) is 23.2 Å². The van der Waals surface area contributed by atoms with Crippen LogP contribution in [0.15, 0.2) is 65.6 Å². The van der Waals surface area contributed by atoms with Gasteiger partial charge in [0.15, 0.2) is 0 Å². The maximum absolute atomic E-state index is 12.6. The fourth-order valence-corrected chi connectivity index (χ4v) is 4.26. The van der Waals surface area contributed by atoms with Gasteiger partial charge in [0.1, 0.15) is 0 Å². The van der Waals surface area contributed by atoms with E-state index in [1.807, 2.05) is 32.0 Å². The van der Waals surface area contributed by atoms with Gasteiger partial charge in [-0.05, 0) is 54.4 Å². The van der Waals surface area contributed by atoms with E-state index in [-0.39, 0.29) is 17.2 Å². The zero-order chi connectivity index (χ0) is 18.7. The minimum absolute atomic E-state index is 0.0262. The van der Waals surface area contributed by atoms with Crippen molar-refractivity contribution in [1.29, 1.82) is 0 Å². The van der Waals surface area contributed by atoms with Gasteiger partial charge in [0.05, 0.1) is 11.3 Å². The number of hydrogen-bond acceptors (Lipinski definition) is 2. The summed E-state index contributed by atoms with van der Waals surface area (Å²) in [5.74, 6) is -0.0262. The Hall–Kier alpha value is -1.68. The number of hydrogen-bond donors (Lipinski definition) is 1. The average Bonchev–Trinajstić information content (AvgIpc) is 2.61. The zero-order valence-electron chi connectivity index (χ0n) is 14.5. The largest absolute Gasteiger partial charge is 0.349 e. The summed E-state index contributed by atoms with van der Waals surface area (Å²) in [6, 6.07) is 19.6. The molecular formula is C21H19Cl2NOS. The molecule has 3 aromatic carbocycles. The van der Waals surface area contributed by atoms with E-state index in [0.717, 1.165) is 10.5 Å². The lowest BCUT2D eigenvalue weighted by molar-refractivity contribution is -0.120. The predicted octanol–water partition coefficient (Wildman–Crippen LogP) is 6.50. The Labute approximate surface area is 167 Å². The Morgan fingerprint density at radius 2 is 1.69 bits per heavy atom. The molecule has 0 saturated heterocycles. The monoisotopic (exact) mass is 403 g/mol. The van der Waals surface area contributed by atoms with Crippen molar-refractivity contribution in [3.05, 3.63) is 76.3 Å². The van der Waals surface area contributed by atoms with Crippen molar-refractivity contribution in [2.75, 3.05) is 0 Å². The van der Waals surface area contributed by atoms with Gasteiger partial charge in [-0.15, -0.1) is 11.8 Å². The molecule has 3 rings (SSSR count). The molecule has 0 aliphatic carbocycles. The molecule has 0 bridgehead atoms. The third-order valence-corrected chi connectivity index (χ3v) is 5.85. The standard InChI is InChI=1S/C21H19Cl2NOS/c1-13(19-10-8-17(22)12-20(19)23)24-21(25)14(2)26-18-9-7-15-5-3-4-6-16(15)11-18/h3-14H,1-2H3,(H,24,25)/t13-,14+/m1/s1. The van der Waals surface area contributed by atoms with Crippen molar-refractivity contribution in [1.82, 2.24) is 5.32 Å². The van der Waals surface area contributed by atoms with Crippen molar-refractivity contribution >= 4 is 51.6 Å². The molecule has 2 atom stereocenters. The van der Waals surface area contributed by atoms with Crippen LogP contribution in [0.4, 0.5) is 0 Å². The number of carbonyl (C=O) groups is 1. The molecule has 5 heteroatoms. The molecule has 0 radical (unpaired) electrons. The SMILES string of the molecule is C[C@H](Sc1ccc2ccccc2c1)C(=O)N[C@H](C)c1ccc(Cl)cc1Cl. The second-order valence-corrected chi connectivity index (χ2v) is 8.42. The Bertz CT molecular complexity index is 944. The summed E-state index contributed by atoms with van der Waals surface area (Å²) in [7, 11) is 0. The maximum Gasteiger partial charge on any atom is 0.233 e. The molecule has 0 saturated carbocycles. The minimum atomic E-state index is -0.218. The normalized spacial score (nSPS) is 13.4. The molecule has 134 valence electrons. The van der Waals surface area contributed by atoms with E-state index in [1.165, 1.54) is 10.8 Å². The maximum atomic E-state index is 12.6. The average molecular weight is 404 g/mol. The number of rotatable bonds is 5. The first-order valence-electron chi connectivity index (χ1n) is 8.35. The van der Waals surface area contributed by atoms with Crippen molar-refractivity contribution in [3.63, 3.8) is 0 Å². The van der Waals surface area contributed by atoms with E-state index in [2.05, 4.69) is 35.6 Å². The molecule has 0 unspecified atom stereocenters. The molecule has 0 aliphatic heterocycles. The fourth-order valence-electron chi connectivity index (χ4n) is 2.76. The van der Waals surface area contributed by atoms with Crippen molar-refractivity contribution in [2.24, 2.45) is 0 Å². The van der Waals surface area contributed by atoms with E-state index < -0.39 is 0 Å². The highest BCUT2D eigenvalue weighted by molar-refractivity contribution is 8.00. The first-order chi connectivity index (χ1) is 12.4. The molecule has 0 fully saturated rings. The smallest absolute Gasteiger partial charge is 0.233 e. The van der Waals surface area contributed by atoms with Gasteiger partial charge >= 0.3 is 0 Å². The molecule has 0 aliphatic rings. The van der Waals surface area contributed by atoms with Crippen LogP contribution in [0.25, 0.3) is 10.8 Å². The summed E-state index contributed by atoms with van der Waals surface area (Å²) in [4.78, 5) is 13.6. The molecule has 3 aromatic rings. The highest BCUT2D eigenvalue weighted by atomic mass is 35.5. The molecule has 0 aromatic heterocycles. The number of thioether (sulfide) groups is 1. The van der Waals surface area contributed by atoms with Gasteiger partial charge < -0.3 is 5.32 Å². The van der Waals surface area contributed by atoms with Crippen LogP contribution in [-0.4, -0.2) is 11.2 Å². The lowest BCUT2D eigenvalue weighted by atomic mass is 10.1. The van der Waals surface area contributed by atoms with Crippen LogP contribution in [0, 0.1) is 0 Å². The third-order valence-electron chi connectivity index (χ3n) is 4.19. The molecule has 26 heavy (non-hydrogen) atoms. The van der Waals surface area contributed by atoms with Gasteiger partial charge in [0.25, 0.3) is 0 Å². The van der Waals surface area contributed by atoms with Gasteiger partial charge in [0.2, 0.25) is 5.91 Å². The second kappa shape index (κ2) is 8.34. The Kier molecular flexibility index (Phi) is 6.13. The Balaban J connectivity index is 1.66. The highest BCUT2D eigenvalue weighted by Crippen LogP contribution is 2.29. The van der Waals surface area contributed by atoms with Crippen LogP contribution in [0.5, 0.6) is 0 Å². The fraction of sp³-hybridized carbons (Fsp3) is 0.190. The zero-order valence-corrected chi connectivity index (χ0v) is 16.8. The first-order valence-corrected chi connectivity index (χ1v) is 9.98. The lowest BCUT2D eigenvalue weighted by Gasteiger charge is -2.19. The summed E-state index contributed by atoms with van der Waals surface area (Å²) < 4.78 is 0. The molecule has 0 spiro atoms. The number of nitrogens with one attached hydrogen (secondary N) is 1. The van der Waals surface area contributed by atoms with Crippen LogP contribution in [0.3, 0.4) is 0 Å². The van der Waals surface area contributed by atoms with Gasteiger partial charge in [-0.2, -0.15) is 0 Å². The predicted molar refractivity (Wildman–Crippen MR) is 112 cm³/mol. The lowest BCUT2D eigenvalue weighted by Crippen LogP contribution is -2.33. The summed E-state index contributed by atoms with van der Waals surface area (Å²) in [6.07, 6.45) is 0. The number of halogens is 2. The van der Waals surface area contributed by atoms with Crippen LogP contribution in [-0.2, 0) is 4.79 Å². The summed E-state index contributed by atoms with van der Waals surface area (Å²) in [6.45, 7) is 3.83. The van der Waals surface area contributed by atoms with Gasteiger partial charge in [-0.1, -0.05) is 59.6 Å². The van der Waals surface area contributed by atoms with Crippen LogP contribution in [0.1, 0.15) is 25.5 Å². The van der Waals surface area contributed by atoms with Gasteiger partial charge in [-0.3, -0.25) is 4.79 Å². The summed E-state index contributed by atoms with van der Waals surface area (Å²) >= 11 is 13.7. The summed E-state index contributed by atoms with van der Waals surface area (Å²) in [5.41, 5.74) is 0.854. The van der Waals surface area contributed by atoms with E-state index in [1.54, 1.807) is 23.9 Å². The topological polar surface area (TPSA) is 29.1 Å². The van der Waals surface area contributed by atoms with Crippen LogP contribution >= 0.6 is 35.0 Å². The Morgan fingerprint density at radius 3 is 2.42 bits per heavy atom. The molecule has 0 heterocycles. The van der Waals surface area contributed by atoms with Crippen molar-refractivity contribution in [3.8, 4) is 0 Å². The molecule has 2 nitrogen and oxygen atoms in total. The van der Waals surface area contributed by atoms with Crippen molar-refractivity contribution in [2.45, 2.75) is 30.0 Å². The number of fused-ring (bicyclic) bond motifs is 1.